The predicted octanol–water partition coefficient (Wildman–Crippen LogP) is 1.77. The number of likely N-dealkylation sites (tertiary alicyclic amines) is 1. The van der Waals surface area contributed by atoms with Crippen LogP contribution in [0.3, 0.4) is 0 Å². The number of hydrogen-bond donors (Lipinski definition) is 1. The maximum Gasteiger partial charge on any atom is 0.193 e. The van der Waals surface area contributed by atoms with E-state index in [0.717, 1.165) is 44.8 Å². The Hall–Kier alpha value is -0.0800. The molecule has 0 bridgehead atoms. The lowest BCUT2D eigenvalue weighted by molar-refractivity contribution is 0.156. The van der Waals surface area contributed by atoms with E-state index in [1.807, 2.05) is 7.05 Å². The molecule has 6 heteroatoms. The van der Waals surface area contributed by atoms with Gasteiger partial charge in [-0.15, -0.1) is 24.0 Å². The monoisotopic (exact) mass is 422 g/mol. The van der Waals surface area contributed by atoms with Crippen molar-refractivity contribution in [3.8, 4) is 0 Å². The Morgan fingerprint density at radius 2 is 2.23 bits per heavy atom. The van der Waals surface area contributed by atoms with Crippen LogP contribution in [0.2, 0.25) is 0 Å². The molecule has 0 amide bonds. The third-order valence-electron chi connectivity index (χ3n) is 5.51. The zero-order valence-corrected chi connectivity index (χ0v) is 16.5. The van der Waals surface area contributed by atoms with E-state index < -0.39 is 0 Å². The Kier molecular flexibility index (Phi) is 6.36. The first-order valence-corrected chi connectivity index (χ1v) is 8.39. The summed E-state index contributed by atoms with van der Waals surface area (Å²) in [5.74, 6) is 1.06. The summed E-state index contributed by atoms with van der Waals surface area (Å²) in [6.07, 6.45) is 5.18. The quantitative estimate of drug-likeness (QED) is 0.426. The van der Waals surface area contributed by atoms with Crippen LogP contribution in [0, 0.1) is 5.41 Å². The molecule has 2 heterocycles. The minimum atomic E-state index is 0. The number of guanidine groups is 1. The molecule has 0 aromatic heterocycles. The van der Waals surface area contributed by atoms with Gasteiger partial charge in [-0.1, -0.05) is 0 Å². The minimum Gasteiger partial charge on any atom is -0.381 e. The van der Waals surface area contributed by atoms with Gasteiger partial charge in [-0.05, 0) is 39.7 Å². The lowest BCUT2D eigenvalue weighted by Gasteiger charge is -2.28. The van der Waals surface area contributed by atoms with Gasteiger partial charge in [0, 0.05) is 50.8 Å². The van der Waals surface area contributed by atoms with Gasteiger partial charge in [-0.3, -0.25) is 9.89 Å². The topological polar surface area (TPSA) is 40.1 Å². The summed E-state index contributed by atoms with van der Waals surface area (Å²) < 4.78 is 5.61. The second-order valence-corrected chi connectivity index (χ2v) is 7.15. The molecule has 2 saturated heterocycles. The van der Waals surface area contributed by atoms with Gasteiger partial charge in [-0.2, -0.15) is 0 Å². The van der Waals surface area contributed by atoms with Crippen molar-refractivity contribution in [3.63, 3.8) is 0 Å². The van der Waals surface area contributed by atoms with Gasteiger partial charge in [0.2, 0.25) is 0 Å². The third-order valence-corrected chi connectivity index (χ3v) is 5.51. The second kappa shape index (κ2) is 7.66. The van der Waals surface area contributed by atoms with Gasteiger partial charge >= 0.3 is 0 Å². The van der Waals surface area contributed by atoms with E-state index in [-0.39, 0.29) is 24.0 Å². The van der Waals surface area contributed by atoms with E-state index >= 15 is 0 Å². The first-order valence-electron chi connectivity index (χ1n) is 8.39. The lowest BCUT2D eigenvalue weighted by Crippen LogP contribution is -2.47. The molecule has 22 heavy (non-hydrogen) atoms. The van der Waals surface area contributed by atoms with E-state index in [1.165, 1.54) is 25.7 Å². The fourth-order valence-corrected chi connectivity index (χ4v) is 3.64. The molecule has 1 aliphatic carbocycles. The SMILES string of the molecule is CN=C(NCC(C)N(C)C1CC1)N1CCC2(CCOC2)C1.I. The van der Waals surface area contributed by atoms with Crippen LogP contribution in [0.5, 0.6) is 0 Å². The summed E-state index contributed by atoms with van der Waals surface area (Å²) in [6.45, 7) is 7.34. The molecule has 0 radical (unpaired) electrons. The van der Waals surface area contributed by atoms with E-state index in [2.05, 4.69) is 34.1 Å². The van der Waals surface area contributed by atoms with Crippen molar-refractivity contribution in [3.05, 3.63) is 0 Å². The summed E-state index contributed by atoms with van der Waals surface area (Å²) in [5.41, 5.74) is 0.397. The van der Waals surface area contributed by atoms with Crippen LogP contribution in [0.15, 0.2) is 4.99 Å². The van der Waals surface area contributed by atoms with Crippen LogP contribution in [0.25, 0.3) is 0 Å². The average Bonchev–Trinajstić information content (AvgIpc) is 3.12. The summed E-state index contributed by atoms with van der Waals surface area (Å²) in [7, 11) is 4.14. The normalized spacial score (nSPS) is 30.0. The highest BCUT2D eigenvalue weighted by Crippen LogP contribution is 2.38. The van der Waals surface area contributed by atoms with Crippen molar-refractivity contribution >= 4 is 29.9 Å². The minimum absolute atomic E-state index is 0. The van der Waals surface area contributed by atoms with Gasteiger partial charge in [0.25, 0.3) is 0 Å². The van der Waals surface area contributed by atoms with Crippen LogP contribution in [-0.4, -0.2) is 74.8 Å². The van der Waals surface area contributed by atoms with Crippen molar-refractivity contribution in [1.29, 1.82) is 0 Å². The van der Waals surface area contributed by atoms with Crippen molar-refractivity contribution < 1.29 is 4.74 Å². The zero-order chi connectivity index (χ0) is 14.9. The van der Waals surface area contributed by atoms with Crippen LogP contribution >= 0.6 is 24.0 Å². The number of hydrogen-bond acceptors (Lipinski definition) is 3. The number of nitrogens with zero attached hydrogens (tertiary/aromatic N) is 3. The molecule has 3 aliphatic rings. The molecule has 5 nitrogen and oxygen atoms in total. The van der Waals surface area contributed by atoms with E-state index in [4.69, 9.17) is 4.74 Å². The highest BCUT2D eigenvalue weighted by Gasteiger charge is 2.42. The number of likely N-dealkylation sites (N-methyl/N-ethyl adjacent to an activating group) is 1. The van der Waals surface area contributed by atoms with E-state index in [1.54, 1.807) is 0 Å². The molecule has 2 aliphatic heterocycles. The predicted molar refractivity (Wildman–Crippen MR) is 101 cm³/mol. The summed E-state index contributed by atoms with van der Waals surface area (Å²) in [5, 5.41) is 3.57. The zero-order valence-electron chi connectivity index (χ0n) is 14.2. The van der Waals surface area contributed by atoms with Gasteiger partial charge in [0.1, 0.15) is 0 Å². The number of halogens is 1. The number of ether oxygens (including phenoxy) is 1. The van der Waals surface area contributed by atoms with Crippen molar-refractivity contribution in [2.24, 2.45) is 10.4 Å². The smallest absolute Gasteiger partial charge is 0.193 e. The molecular weight excluding hydrogens is 391 g/mol. The average molecular weight is 422 g/mol. The Morgan fingerprint density at radius 3 is 2.82 bits per heavy atom. The third kappa shape index (κ3) is 4.06. The van der Waals surface area contributed by atoms with Crippen LogP contribution in [0.4, 0.5) is 0 Å². The summed E-state index contributed by atoms with van der Waals surface area (Å²) in [6, 6.07) is 1.37. The number of rotatable bonds is 4. The van der Waals surface area contributed by atoms with Gasteiger partial charge in [-0.25, -0.2) is 0 Å². The molecular formula is C16H31IN4O. The van der Waals surface area contributed by atoms with Crippen molar-refractivity contribution in [2.45, 2.75) is 44.7 Å². The Balaban J connectivity index is 0.00000176. The molecule has 0 aromatic rings. The molecule has 1 saturated carbocycles. The maximum atomic E-state index is 5.61. The summed E-state index contributed by atoms with van der Waals surface area (Å²) in [4.78, 5) is 9.40. The van der Waals surface area contributed by atoms with Crippen LogP contribution in [-0.2, 0) is 4.74 Å². The van der Waals surface area contributed by atoms with E-state index in [0.29, 0.717) is 11.5 Å². The first kappa shape index (κ1) is 18.3. The molecule has 0 aromatic carbocycles. The van der Waals surface area contributed by atoms with Crippen LogP contribution < -0.4 is 5.32 Å². The fraction of sp³-hybridized carbons (Fsp3) is 0.938. The van der Waals surface area contributed by atoms with Crippen molar-refractivity contribution in [1.82, 2.24) is 15.1 Å². The maximum absolute atomic E-state index is 5.61. The standard InChI is InChI=1S/C16H30N4O.HI/c1-13(19(3)14-4-5-14)10-18-15(17-2)20-8-6-16(11-20)7-9-21-12-16;/h13-14H,4-12H2,1-3H3,(H,17,18);1H. The molecule has 3 rings (SSSR count). The molecule has 3 fully saturated rings. The molecule has 2 atom stereocenters. The Bertz CT molecular complexity index is 394. The Morgan fingerprint density at radius 1 is 1.45 bits per heavy atom. The Labute approximate surface area is 151 Å². The molecule has 1 N–H and O–H groups in total. The number of nitrogens with one attached hydrogen (secondary N) is 1. The molecule has 128 valence electrons. The van der Waals surface area contributed by atoms with Gasteiger partial charge < -0.3 is 15.0 Å². The molecule has 2 unspecified atom stereocenters. The van der Waals surface area contributed by atoms with Crippen LogP contribution in [0.1, 0.15) is 32.6 Å². The lowest BCUT2D eigenvalue weighted by atomic mass is 9.87. The second-order valence-electron chi connectivity index (χ2n) is 7.15. The van der Waals surface area contributed by atoms with Crippen molar-refractivity contribution in [2.75, 3.05) is 46.9 Å². The van der Waals surface area contributed by atoms with E-state index in [9.17, 15) is 0 Å². The highest BCUT2D eigenvalue weighted by atomic mass is 127. The summed E-state index contributed by atoms with van der Waals surface area (Å²) >= 11 is 0. The largest absolute Gasteiger partial charge is 0.381 e. The van der Waals surface area contributed by atoms with Gasteiger partial charge in [0.05, 0.1) is 6.61 Å². The fourth-order valence-electron chi connectivity index (χ4n) is 3.64. The van der Waals surface area contributed by atoms with Gasteiger partial charge in [0.15, 0.2) is 5.96 Å². The number of aliphatic imine (C=N–C) groups is 1. The molecule has 1 spiro atoms. The highest BCUT2D eigenvalue weighted by molar-refractivity contribution is 14.0. The first-order chi connectivity index (χ1) is 10.1.